The van der Waals surface area contributed by atoms with Crippen LogP contribution in [0.4, 0.5) is 0 Å². The van der Waals surface area contributed by atoms with Gasteiger partial charge in [-0.2, -0.15) is 0 Å². The number of thiophene rings is 1. The zero-order chi connectivity index (χ0) is 8.53. The van der Waals surface area contributed by atoms with Gasteiger partial charge < -0.3 is 4.79 Å². The Bertz CT molecular complexity index is 192. The zero-order valence-electron chi connectivity index (χ0n) is 6.32. The number of hydrogen-bond acceptors (Lipinski definition) is 3. The lowest BCUT2D eigenvalue weighted by molar-refractivity contribution is -0.107. The minimum absolute atomic E-state index is 0.639. The Morgan fingerprint density at radius 2 is 2.18 bits per heavy atom. The zero-order valence-corrected chi connectivity index (χ0v) is 7.14. The lowest BCUT2D eigenvalue weighted by atomic mass is 10.5. The van der Waals surface area contributed by atoms with Gasteiger partial charge in [-0.3, -0.25) is 4.79 Å². The van der Waals surface area contributed by atoms with Crippen LogP contribution in [0.1, 0.15) is 23.0 Å². The molecule has 1 aromatic rings. The number of carbonyl (C=O) groups excluding carboxylic acids is 2. The topological polar surface area (TPSA) is 34.1 Å². The molecule has 0 saturated carbocycles. The van der Waals surface area contributed by atoms with Crippen LogP contribution in [-0.2, 0) is 4.79 Å². The maximum absolute atomic E-state index is 9.88. The van der Waals surface area contributed by atoms with Gasteiger partial charge in [0.1, 0.15) is 6.29 Å². The van der Waals surface area contributed by atoms with Crippen LogP contribution in [0, 0.1) is 0 Å². The first-order chi connectivity index (χ1) is 5.35. The Morgan fingerprint density at radius 3 is 2.36 bits per heavy atom. The summed E-state index contributed by atoms with van der Waals surface area (Å²) >= 11 is 1.45. The Kier molecular flexibility index (Phi) is 6.53. The highest BCUT2D eigenvalue weighted by Crippen LogP contribution is 2.03. The van der Waals surface area contributed by atoms with Crippen molar-refractivity contribution in [3.63, 3.8) is 0 Å². The normalized spacial score (nSPS) is 7.73. The molecular weight excluding hydrogens is 160 g/mol. The van der Waals surface area contributed by atoms with Gasteiger partial charge in [0.05, 0.1) is 4.88 Å². The predicted octanol–water partition coefficient (Wildman–Crippen LogP) is 2.16. The Morgan fingerprint density at radius 1 is 1.55 bits per heavy atom. The van der Waals surface area contributed by atoms with Crippen LogP contribution in [0.3, 0.4) is 0 Å². The largest absolute Gasteiger partial charge is 0.303 e. The van der Waals surface area contributed by atoms with Crippen molar-refractivity contribution in [2.45, 2.75) is 13.3 Å². The highest BCUT2D eigenvalue weighted by Gasteiger charge is 1.82. The van der Waals surface area contributed by atoms with E-state index in [1.807, 2.05) is 18.4 Å². The van der Waals surface area contributed by atoms with Crippen molar-refractivity contribution >= 4 is 23.9 Å². The molecule has 0 atom stereocenters. The van der Waals surface area contributed by atoms with E-state index in [1.54, 1.807) is 6.07 Å². The molecule has 0 radical (unpaired) electrons. The van der Waals surface area contributed by atoms with Crippen LogP contribution >= 0.6 is 11.3 Å². The van der Waals surface area contributed by atoms with E-state index in [0.29, 0.717) is 6.42 Å². The van der Waals surface area contributed by atoms with Crippen molar-refractivity contribution in [1.29, 1.82) is 0 Å². The van der Waals surface area contributed by atoms with E-state index in [9.17, 15) is 9.59 Å². The summed E-state index contributed by atoms with van der Waals surface area (Å²) in [5.41, 5.74) is 0. The standard InChI is InChI=1S/C5H4OS.C3H6O/c6-4-5-2-1-3-7-5;1-2-3-4/h1-4H;3H,2H2,1H3. The molecule has 11 heavy (non-hydrogen) atoms. The minimum Gasteiger partial charge on any atom is -0.303 e. The van der Waals surface area contributed by atoms with Crippen molar-refractivity contribution in [3.8, 4) is 0 Å². The molecule has 1 rings (SSSR count). The molecule has 0 fully saturated rings. The first kappa shape index (κ1) is 10.0. The van der Waals surface area contributed by atoms with E-state index in [2.05, 4.69) is 0 Å². The maximum Gasteiger partial charge on any atom is 0.159 e. The molecule has 0 aromatic carbocycles. The van der Waals surface area contributed by atoms with Gasteiger partial charge in [-0.05, 0) is 11.4 Å². The molecule has 0 N–H and O–H groups in total. The molecular formula is C8H10O2S. The molecule has 0 amide bonds. The lowest BCUT2D eigenvalue weighted by Crippen LogP contribution is -1.61. The summed E-state index contributed by atoms with van der Waals surface area (Å²) < 4.78 is 0. The quantitative estimate of drug-likeness (QED) is 0.637. The molecule has 1 heterocycles. The number of hydrogen-bond donors (Lipinski definition) is 0. The summed E-state index contributed by atoms with van der Waals surface area (Å²) in [6, 6.07) is 3.64. The smallest absolute Gasteiger partial charge is 0.159 e. The van der Waals surface area contributed by atoms with Gasteiger partial charge in [0.25, 0.3) is 0 Å². The lowest BCUT2D eigenvalue weighted by Gasteiger charge is -1.66. The summed E-state index contributed by atoms with van der Waals surface area (Å²) in [5, 5.41) is 1.88. The van der Waals surface area contributed by atoms with E-state index >= 15 is 0 Å². The number of carbonyl (C=O) groups is 2. The van der Waals surface area contributed by atoms with Crippen LogP contribution in [0.25, 0.3) is 0 Å². The second-order valence-electron chi connectivity index (χ2n) is 1.71. The van der Waals surface area contributed by atoms with Crippen LogP contribution in [0.5, 0.6) is 0 Å². The number of aldehydes is 2. The highest BCUT2D eigenvalue weighted by molar-refractivity contribution is 7.11. The highest BCUT2D eigenvalue weighted by atomic mass is 32.1. The van der Waals surface area contributed by atoms with Crippen molar-refractivity contribution < 1.29 is 9.59 Å². The van der Waals surface area contributed by atoms with Gasteiger partial charge in [0.2, 0.25) is 0 Å². The van der Waals surface area contributed by atoms with Crippen LogP contribution in [0.15, 0.2) is 17.5 Å². The van der Waals surface area contributed by atoms with Gasteiger partial charge >= 0.3 is 0 Å². The molecule has 0 aliphatic heterocycles. The molecule has 3 heteroatoms. The molecule has 0 bridgehead atoms. The van der Waals surface area contributed by atoms with E-state index in [0.717, 1.165) is 17.4 Å². The number of rotatable bonds is 2. The van der Waals surface area contributed by atoms with Gasteiger partial charge in [0.15, 0.2) is 6.29 Å². The Balaban J connectivity index is 0.000000218. The van der Waals surface area contributed by atoms with Crippen LogP contribution in [0.2, 0.25) is 0 Å². The molecule has 2 nitrogen and oxygen atoms in total. The molecule has 0 spiro atoms. The second kappa shape index (κ2) is 7.15. The third-order valence-corrected chi connectivity index (χ3v) is 1.62. The van der Waals surface area contributed by atoms with Crippen molar-refractivity contribution in [1.82, 2.24) is 0 Å². The van der Waals surface area contributed by atoms with Gasteiger partial charge in [-0.15, -0.1) is 11.3 Å². The third kappa shape index (κ3) is 5.48. The molecule has 0 aliphatic carbocycles. The molecule has 0 aliphatic rings. The predicted molar refractivity (Wildman–Crippen MR) is 46.1 cm³/mol. The monoisotopic (exact) mass is 170 g/mol. The fourth-order valence-corrected chi connectivity index (χ4v) is 0.885. The summed E-state index contributed by atoms with van der Waals surface area (Å²) in [5.74, 6) is 0. The van der Waals surface area contributed by atoms with E-state index in [1.165, 1.54) is 11.3 Å². The fourth-order valence-electron chi connectivity index (χ4n) is 0.358. The summed E-state index contributed by atoms with van der Waals surface area (Å²) in [6.07, 6.45) is 2.37. The average molecular weight is 170 g/mol. The summed E-state index contributed by atoms with van der Waals surface area (Å²) in [6.45, 7) is 1.81. The first-order valence-electron chi connectivity index (χ1n) is 3.27. The first-order valence-corrected chi connectivity index (χ1v) is 4.15. The minimum atomic E-state index is 0.639. The van der Waals surface area contributed by atoms with Gasteiger partial charge in [-0.1, -0.05) is 13.0 Å². The summed E-state index contributed by atoms with van der Waals surface area (Å²) in [7, 11) is 0. The molecule has 60 valence electrons. The molecule has 1 aromatic heterocycles. The molecule has 0 saturated heterocycles. The molecule has 0 unspecified atom stereocenters. The van der Waals surface area contributed by atoms with Crippen molar-refractivity contribution in [3.05, 3.63) is 22.4 Å². The third-order valence-electron chi connectivity index (χ3n) is 0.826. The average Bonchev–Trinajstić information content (AvgIpc) is 2.56. The van der Waals surface area contributed by atoms with Crippen LogP contribution in [-0.4, -0.2) is 12.6 Å². The van der Waals surface area contributed by atoms with Crippen molar-refractivity contribution in [2.75, 3.05) is 0 Å². The van der Waals surface area contributed by atoms with E-state index in [-0.39, 0.29) is 0 Å². The van der Waals surface area contributed by atoms with E-state index in [4.69, 9.17) is 0 Å². The van der Waals surface area contributed by atoms with E-state index < -0.39 is 0 Å². The van der Waals surface area contributed by atoms with Gasteiger partial charge in [0, 0.05) is 6.42 Å². The SMILES string of the molecule is CCC=O.O=Cc1cccs1. The fraction of sp³-hybridized carbons (Fsp3) is 0.250. The van der Waals surface area contributed by atoms with Crippen molar-refractivity contribution in [2.24, 2.45) is 0 Å². The van der Waals surface area contributed by atoms with Gasteiger partial charge in [-0.25, -0.2) is 0 Å². The van der Waals surface area contributed by atoms with Crippen LogP contribution < -0.4 is 0 Å². The Labute approximate surface area is 69.9 Å². The second-order valence-corrected chi connectivity index (χ2v) is 2.69. The summed E-state index contributed by atoms with van der Waals surface area (Å²) in [4.78, 5) is 19.8. The Hall–Kier alpha value is -0.960. The maximum atomic E-state index is 9.88.